The number of carbonyl (C=O) groups is 1. The van der Waals surface area contributed by atoms with Crippen LogP contribution < -0.4 is 10.0 Å². The van der Waals surface area contributed by atoms with E-state index in [4.69, 9.17) is 0 Å². The molecule has 0 aliphatic rings. The van der Waals surface area contributed by atoms with Crippen molar-refractivity contribution in [3.05, 3.63) is 77.5 Å². The summed E-state index contributed by atoms with van der Waals surface area (Å²) in [7, 11) is -2.06. The molecule has 0 fully saturated rings. The van der Waals surface area contributed by atoms with E-state index in [1.165, 1.54) is 16.9 Å². The Morgan fingerprint density at radius 3 is 2.57 bits per heavy atom. The first-order chi connectivity index (χ1) is 14.2. The van der Waals surface area contributed by atoms with Gasteiger partial charge in [-0.1, -0.05) is 30.3 Å². The van der Waals surface area contributed by atoms with Crippen molar-refractivity contribution in [1.82, 2.24) is 19.8 Å². The Balaban J connectivity index is 1.63. The first kappa shape index (κ1) is 21.6. The highest BCUT2D eigenvalue weighted by molar-refractivity contribution is 7.89. The first-order valence-corrected chi connectivity index (χ1v) is 10.7. The molecule has 0 unspecified atom stereocenters. The molecule has 0 aliphatic carbocycles. The van der Waals surface area contributed by atoms with Crippen LogP contribution in [0.1, 0.15) is 15.9 Å². The van der Waals surface area contributed by atoms with E-state index in [-0.39, 0.29) is 35.7 Å². The van der Waals surface area contributed by atoms with Crippen LogP contribution in [0.5, 0.6) is 0 Å². The zero-order valence-corrected chi connectivity index (χ0v) is 16.9. The Labute approximate surface area is 172 Å². The lowest BCUT2D eigenvalue weighted by molar-refractivity contribution is 0.0956. The lowest BCUT2D eigenvalue weighted by atomic mass is 10.1. The molecule has 2 aromatic carbocycles. The second-order valence-corrected chi connectivity index (χ2v) is 8.50. The van der Waals surface area contributed by atoms with Crippen LogP contribution >= 0.6 is 0 Å². The summed E-state index contributed by atoms with van der Waals surface area (Å²) in [5.41, 5.74) is 0.876. The van der Waals surface area contributed by atoms with Crippen molar-refractivity contribution in [3.8, 4) is 11.3 Å². The molecule has 0 spiro atoms. The number of carbonyl (C=O) groups excluding carboxylic acids is 1. The predicted octanol–water partition coefficient (Wildman–Crippen LogP) is 2.21. The van der Waals surface area contributed by atoms with E-state index in [0.717, 1.165) is 11.6 Å². The average Bonchev–Trinajstić information content (AvgIpc) is 3.08. The number of hydrogen-bond acceptors (Lipinski definition) is 4. The van der Waals surface area contributed by atoms with Crippen LogP contribution in [-0.4, -0.2) is 36.4 Å². The maximum Gasteiger partial charge on any atom is 0.255 e. The second-order valence-electron chi connectivity index (χ2n) is 6.57. The van der Waals surface area contributed by atoms with Crippen LogP contribution in [0.3, 0.4) is 0 Å². The fourth-order valence-corrected chi connectivity index (χ4v) is 3.69. The Morgan fingerprint density at radius 2 is 1.87 bits per heavy atom. The summed E-state index contributed by atoms with van der Waals surface area (Å²) in [5.74, 6) is -2.53. The summed E-state index contributed by atoms with van der Waals surface area (Å²) < 4.78 is 55.3. The minimum absolute atomic E-state index is 0.0284. The summed E-state index contributed by atoms with van der Waals surface area (Å²) in [4.78, 5) is 12.5. The minimum Gasteiger partial charge on any atom is -0.351 e. The fraction of sp³-hybridized carbons (Fsp3) is 0.200. The molecule has 0 radical (unpaired) electrons. The molecular weight excluding hydrogens is 414 g/mol. The van der Waals surface area contributed by atoms with E-state index in [2.05, 4.69) is 15.1 Å². The topological polar surface area (TPSA) is 93.1 Å². The van der Waals surface area contributed by atoms with E-state index in [1.54, 1.807) is 31.3 Å². The Morgan fingerprint density at radius 1 is 1.13 bits per heavy atom. The van der Waals surface area contributed by atoms with E-state index in [1.807, 2.05) is 6.07 Å². The number of halogens is 2. The molecule has 1 heterocycles. The molecule has 7 nitrogen and oxygen atoms in total. The van der Waals surface area contributed by atoms with Gasteiger partial charge in [0.15, 0.2) is 0 Å². The number of sulfonamides is 1. The Kier molecular flexibility index (Phi) is 6.58. The number of aryl methyl sites for hydroxylation is 1. The Bertz CT molecular complexity index is 1150. The van der Waals surface area contributed by atoms with Gasteiger partial charge in [-0.05, 0) is 17.7 Å². The molecule has 30 heavy (non-hydrogen) atoms. The molecule has 3 rings (SSSR count). The zero-order chi connectivity index (χ0) is 21.7. The predicted molar refractivity (Wildman–Crippen MR) is 108 cm³/mol. The highest BCUT2D eigenvalue weighted by Gasteiger charge is 2.20. The molecular formula is C20H20F2N4O3S. The molecule has 0 bridgehead atoms. The van der Waals surface area contributed by atoms with Crippen molar-refractivity contribution in [2.45, 2.75) is 6.54 Å². The summed E-state index contributed by atoms with van der Waals surface area (Å²) >= 11 is 0. The molecule has 3 aromatic rings. The van der Waals surface area contributed by atoms with E-state index in [9.17, 15) is 22.0 Å². The molecule has 2 N–H and O–H groups in total. The third kappa shape index (κ3) is 5.49. The number of benzene rings is 2. The van der Waals surface area contributed by atoms with E-state index < -0.39 is 27.6 Å². The molecule has 0 atom stereocenters. The summed E-state index contributed by atoms with van der Waals surface area (Å²) in [6.07, 6.45) is 1.38. The highest BCUT2D eigenvalue weighted by Crippen LogP contribution is 2.25. The third-order valence-electron chi connectivity index (χ3n) is 4.26. The van der Waals surface area contributed by atoms with Gasteiger partial charge in [-0.15, -0.1) is 0 Å². The standard InChI is InChI=1S/C20H20F2N4O3S/c1-26-13-17(19(25-26)16-8-7-15(21)11-18(16)22)20(27)23-9-10-30(28,29)24-12-14-5-3-2-4-6-14/h2-8,11,13,24H,9-10,12H2,1H3,(H,23,27). The SMILES string of the molecule is Cn1cc(C(=O)NCCS(=O)(=O)NCc2ccccc2)c(-c2ccc(F)cc2F)n1. The monoisotopic (exact) mass is 434 g/mol. The highest BCUT2D eigenvalue weighted by atomic mass is 32.2. The van der Waals surface area contributed by atoms with Crippen LogP contribution in [0.2, 0.25) is 0 Å². The molecule has 0 aliphatic heterocycles. The van der Waals surface area contributed by atoms with Gasteiger partial charge >= 0.3 is 0 Å². The van der Waals surface area contributed by atoms with Crippen molar-refractivity contribution < 1.29 is 22.0 Å². The second kappa shape index (κ2) is 9.14. The fourth-order valence-electron chi connectivity index (χ4n) is 2.79. The number of nitrogens with one attached hydrogen (secondary N) is 2. The third-order valence-corrected chi connectivity index (χ3v) is 5.58. The van der Waals surface area contributed by atoms with Crippen LogP contribution in [0.4, 0.5) is 8.78 Å². The Hall–Kier alpha value is -3.11. The lowest BCUT2D eigenvalue weighted by Gasteiger charge is -2.08. The van der Waals surface area contributed by atoms with Crippen LogP contribution in [0.15, 0.2) is 54.7 Å². The van der Waals surface area contributed by atoms with Crippen molar-refractivity contribution in [3.63, 3.8) is 0 Å². The quantitative estimate of drug-likeness (QED) is 0.569. The number of amides is 1. The van der Waals surface area contributed by atoms with Gasteiger partial charge in [0.05, 0.1) is 11.3 Å². The number of nitrogens with zero attached hydrogens (tertiary/aromatic N) is 2. The summed E-state index contributed by atoms with van der Waals surface area (Å²) in [5, 5.41) is 6.57. The van der Waals surface area contributed by atoms with Crippen LogP contribution in [0.25, 0.3) is 11.3 Å². The van der Waals surface area contributed by atoms with E-state index >= 15 is 0 Å². The maximum atomic E-state index is 14.1. The molecule has 1 aromatic heterocycles. The lowest BCUT2D eigenvalue weighted by Crippen LogP contribution is -2.34. The smallest absolute Gasteiger partial charge is 0.255 e. The van der Waals surface area contributed by atoms with Gasteiger partial charge in [0.2, 0.25) is 10.0 Å². The number of aromatic nitrogens is 2. The van der Waals surface area contributed by atoms with Gasteiger partial charge in [0, 0.05) is 38.0 Å². The molecule has 10 heteroatoms. The van der Waals surface area contributed by atoms with E-state index in [0.29, 0.717) is 6.07 Å². The minimum atomic E-state index is -3.61. The van der Waals surface area contributed by atoms with Crippen molar-refractivity contribution in [1.29, 1.82) is 0 Å². The van der Waals surface area contributed by atoms with Gasteiger partial charge in [0.25, 0.3) is 5.91 Å². The molecule has 0 saturated carbocycles. The molecule has 0 saturated heterocycles. The van der Waals surface area contributed by atoms with Crippen LogP contribution in [0, 0.1) is 11.6 Å². The van der Waals surface area contributed by atoms with Crippen molar-refractivity contribution >= 4 is 15.9 Å². The molecule has 1 amide bonds. The van der Waals surface area contributed by atoms with Gasteiger partial charge < -0.3 is 5.32 Å². The molecule has 158 valence electrons. The van der Waals surface area contributed by atoms with Gasteiger partial charge in [-0.3, -0.25) is 9.48 Å². The van der Waals surface area contributed by atoms with Crippen molar-refractivity contribution in [2.24, 2.45) is 7.05 Å². The van der Waals surface area contributed by atoms with Crippen molar-refractivity contribution in [2.75, 3.05) is 12.3 Å². The average molecular weight is 434 g/mol. The normalized spacial score (nSPS) is 11.4. The van der Waals surface area contributed by atoms with Gasteiger partial charge in [-0.2, -0.15) is 5.10 Å². The zero-order valence-electron chi connectivity index (χ0n) is 16.1. The first-order valence-electron chi connectivity index (χ1n) is 9.04. The van der Waals surface area contributed by atoms with Gasteiger partial charge in [0.1, 0.15) is 17.3 Å². The summed E-state index contributed by atoms with van der Waals surface area (Å²) in [6, 6.07) is 12.0. The van der Waals surface area contributed by atoms with Crippen LogP contribution in [-0.2, 0) is 23.6 Å². The maximum absolute atomic E-state index is 14.1. The number of hydrogen-bond donors (Lipinski definition) is 2. The van der Waals surface area contributed by atoms with Gasteiger partial charge in [-0.25, -0.2) is 21.9 Å². The number of rotatable bonds is 8. The summed E-state index contributed by atoms with van der Waals surface area (Å²) in [6.45, 7) is -0.00307. The largest absolute Gasteiger partial charge is 0.351 e.